The van der Waals surface area contributed by atoms with Crippen molar-refractivity contribution in [2.45, 2.75) is 53.4 Å². The van der Waals surface area contributed by atoms with Crippen LogP contribution in [0, 0.1) is 13.8 Å². The number of fused-ring (bicyclic) bond motifs is 12. The Bertz CT molecular complexity index is 4200. The third kappa shape index (κ3) is 8.62. The van der Waals surface area contributed by atoms with E-state index in [9.17, 15) is 0 Å². The number of aryl methyl sites for hydroxylation is 4. The fourth-order valence-electron chi connectivity index (χ4n) is 11.5. The van der Waals surface area contributed by atoms with Gasteiger partial charge in [-0.05, 0) is 230 Å². The van der Waals surface area contributed by atoms with Crippen molar-refractivity contribution in [1.29, 1.82) is 0 Å². The van der Waals surface area contributed by atoms with Gasteiger partial charge in [0.2, 0.25) is 0 Å². The van der Waals surface area contributed by atoms with Crippen LogP contribution in [-0.4, -0.2) is 0 Å². The second-order valence-corrected chi connectivity index (χ2v) is 22.9. The van der Waals surface area contributed by atoms with Gasteiger partial charge in [-0.1, -0.05) is 172 Å². The van der Waals surface area contributed by atoms with E-state index in [0.29, 0.717) is 0 Å². The molecular formula is C72H56S2. The Kier molecular flexibility index (Phi) is 11.9. The maximum absolute atomic E-state index is 2.39. The lowest BCUT2D eigenvalue weighted by molar-refractivity contribution is 0.922. The van der Waals surface area contributed by atoms with Gasteiger partial charge in [-0.2, -0.15) is 0 Å². The highest BCUT2D eigenvalue weighted by Gasteiger charge is 2.12. The topological polar surface area (TPSA) is 0 Å². The molecule has 12 aromatic carbocycles. The summed E-state index contributed by atoms with van der Waals surface area (Å²) >= 11 is 3.71. The fourth-order valence-corrected chi connectivity index (χ4v) is 13.2. The number of hydrogen-bond donors (Lipinski definition) is 0. The van der Waals surface area contributed by atoms with Crippen molar-refractivity contribution in [3.63, 3.8) is 0 Å². The van der Waals surface area contributed by atoms with E-state index in [1.54, 1.807) is 0 Å². The van der Waals surface area contributed by atoms with Gasteiger partial charge >= 0.3 is 0 Å². The minimum atomic E-state index is 1.13. The smallest absolute Gasteiger partial charge is 0.0345 e. The summed E-state index contributed by atoms with van der Waals surface area (Å²) in [5, 5.41) is 20.9. The van der Waals surface area contributed by atoms with Crippen molar-refractivity contribution >= 4 is 109 Å². The van der Waals surface area contributed by atoms with Crippen LogP contribution in [0.3, 0.4) is 0 Å². The minimum Gasteiger partial charge on any atom is -0.141 e. The normalized spacial score (nSPS) is 11.7. The van der Waals surface area contributed by atoms with Gasteiger partial charge in [0.1, 0.15) is 0 Å². The Morgan fingerprint density at radius 2 is 0.554 bits per heavy atom. The SMILES string of the molecule is CCCc1cccc(-c2ccc3c(ccc4cc5c(ccc6cc(-c7cccc(CCC)c7)ccc65)cc43)c2)c1.Cc1ccc(-c2ccc3c(ccc4cc5c(ccc6cc(-c7ccc(C)s7)ccc65)cc43)c2)s1. The van der Waals surface area contributed by atoms with E-state index >= 15 is 0 Å². The molecule has 0 nitrogen and oxygen atoms in total. The highest BCUT2D eigenvalue weighted by molar-refractivity contribution is 7.15. The minimum absolute atomic E-state index is 1.13. The fraction of sp³-hybridized carbons (Fsp3) is 0.111. The van der Waals surface area contributed by atoms with Gasteiger partial charge in [0.25, 0.3) is 0 Å². The van der Waals surface area contributed by atoms with Crippen LogP contribution < -0.4 is 0 Å². The number of rotatable bonds is 8. The van der Waals surface area contributed by atoms with Crippen molar-refractivity contribution < 1.29 is 0 Å². The predicted molar refractivity (Wildman–Crippen MR) is 328 cm³/mol. The summed E-state index contributed by atoms with van der Waals surface area (Å²) in [5.41, 5.74) is 10.6. The predicted octanol–water partition coefficient (Wildman–Crippen LogP) is 21.9. The molecule has 0 fully saturated rings. The van der Waals surface area contributed by atoms with Crippen LogP contribution in [0.15, 0.2) is 218 Å². The standard InChI is InChI=1S/C40H34.C32H22S2/c1-3-7-27-9-5-11-29(21-27)31-17-19-37-33(23-31)13-15-35-26-40-36(25-39(35)37)16-14-34-24-32(18-20-38(34)40)30-12-6-10-28(22-30)8-4-2;1-19-3-13-31(33-19)25-9-11-27-21(15-25)5-7-23-18-30-24(17-29(23)27)8-6-22-16-26(10-12-28(22)30)32-14-4-20(2)34-32/h5-6,9-26H,3-4,7-8H2,1-2H3;3-18H,1-2H3. The third-order valence-electron chi connectivity index (χ3n) is 15.2. The summed E-state index contributed by atoms with van der Waals surface area (Å²) in [4.78, 5) is 5.37. The second-order valence-electron chi connectivity index (χ2n) is 20.3. The zero-order chi connectivity index (χ0) is 49.9. The molecule has 0 atom stereocenters. The molecule has 74 heavy (non-hydrogen) atoms. The summed E-state index contributed by atoms with van der Waals surface area (Å²) in [6.07, 6.45) is 4.59. The second kappa shape index (κ2) is 19.2. The lowest BCUT2D eigenvalue weighted by Gasteiger charge is -2.12. The zero-order valence-electron chi connectivity index (χ0n) is 42.4. The first-order valence-corrected chi connectivity index (χ1v) is 27.9. The van der Waals surface area contributed by atoms with Gasteiger partial charge in [-0.25, -0.2) is 0 Å². The van der Waals surface area contributed by atoms with E-state index in [-0.39, 0.29) is 0 Å². The molecule has 0 N–H and O–H groups in total. The summed E-state index contributed by atoms with van der Waals surface area (Å²) in [6.45, 7) is 8.82. The van der Waals surface area contributed by atoms with Crippen LogP contribution in [-0.2, 0) is 12.8 Å². The Hall–Kier alpha value is -7.88. The van der Waals surface area contributed by atoms with Crippen LogP contribution in [0.4, 0.5) is 0 Å². The van der Waals surface area contributed by atoms with Crippen molar-refractivity contribution in [2.75, 3.05) is 0 Å². The maximum atomic E-state index is 2.39. The van der Waals surface area contributed by atoms with E-state index in [0.717, 1.165) is 12.8 Å². The molecule has 0 spiro atoms. The van der Waals surface area contributed by atoms with Crippen LogP contribution in [0.1, 0.15) is 47.6 Å². The van der Waals surface area contributed by atoms with Crippen LogP contribution in [0.5, 0.6) is 0 Å². The summed E-state index contributed by atoms with van der Waals surface area (Å²) in [5.74, 6) is 0. The van der Waals surface area contributed by atoms with Gasteiger partial charge in [0, 0.05) is 19.5 Å². The van der Waals surface area contributed by atoms with Gasteiger partial charge in [-0.15, -0.1) is 22.7 Å². The lowest BCUT2D eigenvalue weighted by atomic mass is 9.92. The molecule has 2 aromatic heterocycles. The number of benzene rings is 12. The van der Waals surface area contributed by atoms with Crippen molar-refractivity contribution in [3.8, 4) is 43.1 Å². The highest BCUT2D eigenvalue weighted by atomic mass is 32.1. The zero-order valence-corrected chi connectivity index (χ0v) is 44.1. The quantitative estimate of drug-likeness (QED) is 0.105. The van der Waals surface area contributed by atoms with Gasteiger partial charge in [-0.3, -0.25) is 0 Å². The number of hydrogen-bond acceptors (Lipinski definition) is 2. The first-order valence-electron chi connectivity index (χ1n) is 26.3. The van der Waals surface area contributed by atoms with Crippen molar-refractivity contribution in [3.05, 3.63) is 239 Å². The van der Waals surface area contributed by atoms with E-state index in [2.05, 4.69) is 246 Å². The molecular weight excluding hydrogens is 929 g/mol. The molecule has 14 aromatic rings. The molecule has 2 heterocycles. The van der Waals surface area contributed by atoms with Gasteiger partial charge in [0.05, 0.1) is 0 Å². The third-order valence-corrected chi connectivity index (χ3v) is 17.3. The van der Waals surface area contributed by atoms with Crippen LogP contribution >= 0.6 is 22.7 Å². The molecule has 0 unspecified atom stereocenters. The van der Waals surface area contributed by atoms with Gasteiger partial charge < -0.3 is 0 Å². The summed E-state index contributed by atoms with van der Waals surface area (Å²) in [6, 6.07) is 82.3. The van der Waals surface area contributed by atoms with Crippen LogP contribution in [0.25, 0.3) is 129 Å². The van der Waals surface area contributed by atoms with E-state index < -0.39 is 0 Å². The van der Waals surface area contributed by atoms with E-state index in [1.165, 1.54) is 163 Å². The molecule has 0 bridgehead atoms. The monoisotopic (exact) mass is 984 g/mol. The first kappa shape index (κ1) is 45.9. The average Bonchev–Trinajstić information content (AvgIpc) is 4.09. The van der Waals surface area contributed by atoms with E-state index in [4.69, 9.17) is 0 Å². The Labute approximate surface area is 441 Å². The largest absolute Gasteiger partial charge is 0.141 e. The van der Waals surface area contributed by atoms with Gasteiger partial charge in [0.15, 0.2) is 0 Å². The van der Waals surface area contributed by atoms with Crippen molar-refractivity contribution in [2.24, 2.45) is 0 Å². The summed E-state index contributed by atoms with van der Waals surface area (Å²) in [7, 11) is 0. The maximum Gasteiger partial charge on any atom is 0.0345 e. The molecule has 2 heteroatoms. The van der Waals surface area contributed by atoms with Crippen molar-refractivity contribution in [1.82, 2.24) is 0 Å². The molecule has 0 saturated heterocycles. The lowest BCUT2D eigenvalue weighted by Crippen LogP contribution is -1.87. The Morgan fingerprint density at radius 3 is 0.865 bits per heavy atom. The molecule has 0 aliphatic carbocycles. The summed E-state index contributed by atoms with van der Waals surface area (Å²) < 4.78 is 0. The molecule has 0 aliphatic rings. The molecule has 356 valence electrons. The molecule has 0 aliphatic heterocycles. The van der Waals surface area contributed by atoms with E-state index in [1.807, 2.05) is 22.7 Å². The molecule has 0 radical (unpaired) electrons. The Morgan fingerprint density at radius 1 is 0.257 bits per heavy atom. The Balaban J connectivity index is 0.000000145. The molecule has 14 rings (SSSR count). The van der Waals surface area contributed by atoms with Crippen LogP contribution in [0.2, 0.25) is 0 Å². The molecule has 0 saturated carbocycles. The number of thiophene rings is 2. The highest BCUT2D eigenvalue weighted by Crippen LogP contribution is 2.40. The molecule has 0 amide bonds. The average molecular weight is 985 g/mol. The first-order chi connectivity index (χ1) is 36.3.